The van der Waals surface area contributed by atoms with Crippen LogP contribution in [0.15, 0.2) is 101 Å². The molecule has 9 nitrogen and oxygen atoms in total. The van der Waals surface area contributed by atoms with Crippen molar-refractivity contribution in [2.45, 2.75) is 30.7 Å². The summed E-state index contributed by atoms with van der Waals surface area (Å²) in [6.07, 6.45) is 0. The van der Waals surface area contributed by atoms with Crippen LogP contribution in [0.2, 0.25) is 0 Å². The van der Waals surface area contributed by atoms with Crippen molar-refractivity contribution in [1.29, 1.82) is 5.26 Å². The van der Waals surface area contributed by atoms with Gasteiger partial charge in [0.05, 0.1) is 21.9 Å². The van der Waals surface area contributed by atoms with Gasteiger partial charge in [0, 0.05) is 28.2 Å². The highest BCUT2D eigenvalue weighted by Gasteiger charge is 2.19. The number of amides is 1. The minimum atomic E-state index is -3.93. The highest BCUT2D eigenvalue weighted by molar-refractivity contribution is 8.00. The number of sulfonamides is 1. The summed E-state index contributed by atoms with van der Waals surface area (Å²) in [5, 5.41) is 13.3. The molecule has 0 aliphatic heterocycles. The van der Waals surface area contributed by atoms with E-state index in [9.17, 15) is 18.5 Å². The molecule has 2 heterocycles. The molecule has 0 saturated carbocycles. The van der Waals surface area contributed by atoms with Gasteiger partial charge in [-0.2, -0.15) is 5.26 Å². The Bertz CT molecular complexity index is 1950. The highest BCUT2D eigenvalue weighted by Crippen LogP contribution is 2.34. The lowest BCUT2D eigenvalue weighted by Crippen LogP contribution is -2.16. The van der Waals surface area contributed by atoms with Crippen LogP contribution in [0.5, 0.6) is 0 Å². The van der Waals surface area contributed by atoms with Gasteiger partial charge in [0.2, 0.25) is 11.9 Å². The molecule has 0 aliphatic carbocycles. The summed E-state index contributed by atoms with van der Waals surface area (Å²) < 4.78 is 28.1. The molecule has 0 saturated heterocycles. The van der Waals surface area contributed by atoms with Crippen LogP contribution < -0.4 is 10.0 Å². The first-order valence-corrected chi connectivity index (χ1v) is 16.0. The normalized spacial score (nSPS) is 11.0. The molecule has 44 heavy (non-hydrogen) atoms. The molecule has 5 rings (SSSR count). The molecule has 0 spiro atoms. The minimum Gasteiger partial charge on any atom is -0.325 e. The number of hydrogen-bond acceptors (Lipinski definition) is 8. The van der Waals surface area contributed by atoms with Crippen molar-refractivity contribution in [2.75, 3.05) is 15.8 Å². The molecule has 0 radical (unpaired) electrons. The number of benzene rings is 3. The molecule has 0 unspecified atom stereocenters. The number of nitrogens with one attached hydrogen (secondary N) is 2. The number of hydrogen-bond donors (Lipinski definition) is 2. The maximum absolute atomic E-state index is 12.9. The van der Waals surface area contributed by atoms with Crippen LogP contribution >= 0.6 is 11.8 Å². The van der Waals surface area contributed by atoms with E-state index in [1.807, 2.05) is 67.6 Å². The number of aryl methyl sites for hydroxylation is 3. The van der Waals surface area contributed by atoms with Gasteiger partial charge in [-0.15, -0.1) is 0 Å². The van der Waals surface area contributed by atoms with Crippen LogP contribution in [0.1, 0.15) is 22.5 Å². The van der Waals surface area contributed by atoms with E-state index in [1.165, 1.54) is 36.0 Å². The first kappa shape index (κ1) is 30.4. The van der Waals surface area contributed by atoms with E-state index in [2.05, 4.69) is 26.1 Å². The van der Waals surface area contributed by atoms with E-state index in [0.29, 0.717) is 33.4 Å². The number of thioether (sulfide) groups is 1. The largest absolute Gasteiger partial charge is 0.325 e. The van der Waals surface area contributed by atoms with Crippen LogP contribution in [0.25, 0.3) is 22.4 Å². The predicted molar refractivity (Wildman–Crippen MR) is 173 cm³/mol. The molecule has 0 fully saturated rings. The predicted octanol–water partition coefficient (Wildman–Crippen LogP) is 6.53. The third kappa shape index (κ3) is 7.29. The maximum Gasteiger partial charge on any atom is 0.264 e. The number of nitriles is 1. The molecule has 0 atom stereocenters. The third-order valence-corrected chi connectivity index (χ3v) is 8.85. The second-order valence-corrected chi connectivity index (χ2v) is 12.7. The van der Waals surface area contributed by atoms with Gasteiger partial charge in [-0.25, -0.2) is 28.1 Å². The molecule has 2 N–H and O–H groups in total. The molecular formula is C33H28N6O3S2. The Kier molecular flexibility index (Phi) is 9.04. The quantitative estimate of drug-likeness (QED) is 0.177. The highest BCUT2D eigenvalue weighted by atomic mass is 32.2. The zero-order valence-electron chi connectivity index (χ0n) is 24.2. The van der Waals surface area contributed by atoms with Gasteiger partial charge in [0.1, 0.15) is 11.1 Å². The summed E-state index contributed by atoms with van der Waals surface area (Å²) in [5.41, 5.74) is 6.40. The monoisotopic (exact) mass is 620 g/mol. The molecule has 2 aromatic heterocycles. The Morgan fingerprint density at radius 1 is 0.841 bits per heavy atom. The Labute approximate surface area is 260 Å². The summed E-state index contributed by atoms with van der Waals surface area (Å²) in [6.45, 7) is 5.51. The number of anilines is 2. The summed E-state index contributed by atoms with van der Waals surface area (Å²) in [4.78, 5) is 25.9. The standard InChI is InChI=1S/C33H28N6O3S2/c1-21-9-11-24(12-10-21)28-18-30(25-7-5-4-6-8-25)38-32(29(28)19-34)43-20-31(40)37-26-13-15-27(16-14-26)44(41,42)39-33-35-22(2)17-23(3)36-33/h4-18H,20H2,1-3H3,(H,37,40)(H,35,36,39). The lowest BCUT2D eigenvalue weighted by molar-refractivity contribution is -0.113. The fraction of sp³-hybridized carbons (Fsp3) is 0.121. The van der Waals surface area contributed by atoms with E-state index in [1.54, 1.807) is 19.9 Å². The summed E-state index contributed by atoms with van der Waals surface area (Å²) >= 11 is 1.17. The summed E-state index contributed by atoms with van der Waals surface area (Å²) in [5.74, 6) is -0.358. The smallest absolute Gasteiger partial charge is 0.264 e. The Hall–Kier alpha value is -5.05. The SMILES string of the molecule is Cc1ccc(-c2cc(-c3ccccc3)nc(SCC(=O)Nc3ccc(S(=O)(=O)Nc4nc(C)cc(C)n4)cc3)c2C#N)cc1. The lowest BCUT2D eigenvalue weighted by atomic mass is 9.98. The number of carbonyl (C=O) groups excluding carboxylic acids is 1. The molecule has 1 amide bonds. The van der Waals surface area contributed by atoms with Crippen LogP contribution in [0.3, 0.4) is 0 Å². The fourth-order valence-corrected chi connectivity index (χ4v) is 6.20. The molecule has 3 aromatic carbocycles. The Balaban J connectivity index is 1.32. The van der Waals surface area contributed by atoms with Gasteiger partial charge < -0.3 is 5.32 Å². The molecular weight excluding hydrogens is 593 g/mol. The molecule has 5 aromatic rings. The first-order valence-electron chi connectivity index (χ1n) is 13.6. The van der Waals surface area contributed by atoms with Gasteiger partial charge in [0.25, 0.3) is 10.0 Å². The number of carbonyl (C=O) groups is 1. The number of nitrogens with zero attached hydrogens (tertiary/aromatic N) is 4. The molecule has 220 valence electrons. The van der Waals surface area contributed by atoms with Crippen LogP contribution in [0.4, 0.5) is 11.6 Å². The van der Waals surface area contributed by atoms with E-state index in [4.69, 9.17) is 4.98 Å². The zero-order chi connectivity index (χ0) is 31.3. The zero-order valence-corrected chi connectivity index (χ0v) is 25.8. The van der Waals surface area contributed by atoms with E-state index in [0.717, 1.165) is 22.3 Å². The van der Waals surface area contributed by atoms with Gasteiger partial charge in [-0.05, 0) is 62.7 Å². The second kappa shape index (κ2) is 13.1. The summed E-state index contributed by atoms with van der Waals surface area (Å²) in [7, 11) is -3.93. The van der Waals surface area contributed by atoms with Gasteiger partial charge in [0.15, 0.2) is 0 Å². The van der Waals surface area contributed by atoms with Crippen LogP contribution in [0, 0.1) is 32.1 Å². The van der Waals surface area contributed by atoms with Crippen molar-refractivity contribution in [2.24, 2.45) is 0 Å². The van der Waals surface area contributed by atoms with E-state index >= 15 is 0 Å². The Morgan fingerprint density at radius 2 is 1.50 bits per heavy atom. The fourth-order valence-electron chi connectivity index (χ4n) is 4.45. The first-order chi connectivity index (χ1) is 21.1. The van der Waals surface area contributed by atoms with Crippen molar-refractivity contribution < 1.29 is 13.2 Å². The maximum atomic E-state index is 12.9. The summed E-state index contributed by atoms with van der Waals surface area (Å²) in [6, 6.07) is 29.3. The van der Waals surface area contributed by atoms with Gasteiger partial charge in [-0.3, -0.25) is 4.79 Å². The average Bonchev–Trinajstić information content (AvgIpc) is 3.00. The van der Waals surface area contributed by atoms with Crippen molar-refractivity contribution >= 4 is 39.3 Å². The van der Waals surface area contributed by atoms with E-state index in [-0.39, 0.29) is 22.5 Å². The van der Waals surface area contributed by atoms with Crippen LogP contribution in [-0.2, 0) is 14.8 Å². The average molecular weight is 621 g/mol. The molecule has 0 bridgehead atoms. The molecule has 11 heteroatoms. The van der Waals surface area contributed by atoms with Crippen molar-refractivity contribution in [3.05, 3.63) is 114 Å². The third-order valence-electron chi connectivity index (χ3n) is 6.53. The second-order valence-electron chi connectivity index (χ2n) is 10.0. The topological polar surface area (TPSA) is 138 Å². The number of pyridine rings is 1. The van der Waals surface area contributed by atoms with Crippen molar-refractivity contribution in [1.82, 2.24) is 15.0 Å². The molecule has 0 aliphatic rings. The minimum absolute atomic E-state index is 0.00291. The van der Waals surface area contributed by atoms with Crippen LogP contribution in [-0.4, -0.2) is 35.0 Å². The van der Waals surface area contributed by atoms with Gasteiger partial charge >= 0.3 is 0 Å². The van der Waals surface area contributed by atoms with Gasteiger partial charge in [-0.1, -0.05) is 71.9 Å². The van der Waals surface area contributed by atoms with Crippen molar-refractivity contribution in [3.63, 3.8) is 0 Å². The lowest BCUT2D eigenvalue weighted by Gasteiger charge is -2.13. The van der Waals surface area contributed by atoms with Crippen molar-refractivity contribution in [3.8, 4) is 28.5 Å². The number of rotatable bonds is 9. The number of aromatic nitrogens is 3. The Morgan fingerprint density at radius 3 is 2.14 bits per heavy atom. The van der Waals surface area contributed by atoms with E-state index < -0.39 is 10.0 Å².